The van der Waals surface area contributed by atoms with Crippen LogP contribution in [0.1, 0.15) is 50.7 Å². The summed E-state index contributed by atoms with van der Waals surface area (Å²) in [6.07, 6.45) is 8.49. The standard InChI is InChI=1S/C30H34N8O2/c1-3-24-25(36-29(39)40-23-11-13-30(2,31)14-12-23)18-38-27(24)28(32-19-34-38)35-22-9-10-26-21(15-22)16-33-37(26)17-20-7-5-4-6-8-20/h4-10,15-16,18-19,23H,3,11-14,17,31H2,1-2H3,(H,36,39)(H,32,34,35). The van der Waals surface area contributed by atoms with Crippen LogP contribution in [-0.2, 0) is 17.7 Å². The molecule has 0 spiro atoms. The number of anilines is 3. The van der Waals surface area contributed by atoms with Gasteiger partial charge in [0.1, 0.15) is 17.9 Å². The molecule has 0 radical (unpaired) electrons. The van der Waals surface area contributed by atoms with Crippen LogP contribution in [0.3, 0.4) is 0 Å². The number of nitrogens with zero attached hydrogens (tertiary/aromatic N) is 5. The first kappa shape index (κ1) is 25.8. The second-order valence-electron chi connectivity index (χ2n) is 10.8. The lowest BCUT2D eigenvalue weighted by Crippen LogP contribution is -2.42. The van der Waals surface area contributed by atoms with Gasteiger partial charge in [0, 0.05) is 22.2 Å². The lowest BCUT2D eigenvalue weighted by Gasteiger charge is -2.33. The Balaban J connectivity index is 1.21. The fraction of sp³-hybridized carbons (Fsp3) is 0.333. The maximum absolute atomic E-state index is 12.8. The van der Waals surface area contributed by atoms with Crippen molar-refractivity contribution in [3.05, 3.63) is 78.4 Å². The number of carbonyl (C=O) groups excluding carboxylic acids is 1. The minimum absolute atomic E-state index is 0.122. The molecule has 1 saturated carbocycles. The minimum Gasteiger partial charge on any atom is -0.446 e. The highest BCUT2D eigenvalue weighted by atomic mass is 16.6. The summed E-state index contributed by atoms with van der Waals surface area (Å²) in [6, 6.07) is 16.4. The van der Waals surface area contributed by atoms with Crippen LogP contribution in [0.25, 0.3) is 16.4 Å². The summed E-state index contributed by atoms with van der Waals surface area (Å²) in [7, 11) is 0. The summed E-state index contributed by atoms with van der Waals surface area (Å²) in [6.45, 7) is 4.80. The molecule has 5 aromatic rings. The van der Waals surface area contributed by atoms with E-state index in [2.05, 4.69) is 50.1 Å². The Bertz CT molecular complexity index is 1650. The van der Waals surface area contributed by atoms with E-state index >= 15 is 0 Å². The Labute approximate surface area is 232 Å². The number of aromatic nitrogens is 5. The molecule has 6 rings (SSSR count). The normalized spacial score (nSPS) is 19.1. The van der Waals surface area contributed by atoms with Crippen LogP contribution >= 0.6 is 0 Å². The zero-order valence-electron chi connectivity index (χ0n) is 22.8. The minimum atomic E-state index is -0.461. The van der Waals surface area contributed by atoms with E-state index < -0.39 is 6.09 Å². The van der Waals surface area contributed by atoms with Gasteiger partial charge in [-0.2, -0.15) is 10.2 Å². The first-order valence-electron chi connectivity index (χ1n) is 13.8. The van der Waals surface area contributed by atoms with Crippen molar-refractivity contribution in [2.75, 3.05) is 10.6 Å². The van der Waals surface area contributed by atoms with E-state index in [1.807, 2.05) is 49.0 Å². The van der Waals surface area contributed by atoms with Gasteiger partial charge in [-0.3, -0.25) is 10.00 Å². The maximum atomic E-state index is 12.8. The zero-order chi connectivity index (χ0) is 27.7. The Kier molecular flexibility index (Phi) is 6.85. The Morgan fingerprint density at radius 1 is 1.15 bits per heavy atom. The molecule has 1 aliphatic carbocycles. The average molecular weight is 539 g/mol. The van der Waals surface area contributed by atoms with Crippen molar-refractivity contribution in [3.8, 4) is 0 Å². The number of nitrogens with one attached hydrogen (secondary N) is 2. The van der Waals surface area contributed by atoms with Gasteiger partial charge in [0.05, 0.1) is 30.1 Å². The molecular formula is C30H34N8O2. The highest BCUT2D eigenvalue weighted by Gasteiger charge is 2.29. The predicted molar refractivity (Wildman–Crippen MR) is 156 cm³/mol. The quantitative estimate of drug-likeness (QED) is 0.245. The van der Waals surface area contributed by atoms with E-state index in [9.17, 15) is 4.79 Å². The molecule has 10 nitrogen and oxygen atoms in total. The van der Waals surface area contributed by atoms with E-state index in [1.54, 1.807) is 10.7 Å². The smallest absolute Gasteiger partial charge is 0.411 e. The van der Waals surface area contributed by atoms with Crippen LogP contribution < -0.4 is 16.4 Å². The number of carbonyl (C=O) groups is 1. The van der Waals surface area contributed by atoms with Crippen LogP contribution in [0.4, 0.5) is 22.0 Å². The molecule has 0 unspecified atom stereocenters. The van der Waals surface area contributed by atoms with Crippen LogP contribution in [0, 0.1) is 0 Å². The third-order valence-electron chi connectivity index (χ3n) is 7.70. The fourth-order valence-corrected chi connectivity index (χ4v) is 5.47. The fourth-order valence-electron chi connectivity index (χ4n) is 5.47. The largest absolute Gasteiger partial charge is 0.446 e. The molecule has 3 aromatic heterocycles. The highest BCUT2D eigenvalue weighted by Crippen LogP contribution is 2.32. The van der Waals surface area contributed by atoms with Gasteiger partial charge in [0.2, 0.25) is 0 Å². The summed E-state index contributed by atoms with van der Waals surface area (Å²) < 4.78 is 9.45. The Morgan fingerprint density at radius 2 is 1.95 bits per heavy atom. The first-order valence-corrected chi connectivity index (χ1v) is 13.8. The zero-order valence-corrected chi connectivity index (χ0v) is 22.8. The highest BCUT2D eigenvalue weighted by molar-refractivity contribution is 5.91. The number of ether oxygens (including phenoxy) is 1. The Hall–Kier alpha value is -4.44. The third-order valence-corrected chi connectivity index (χ3v) is 7.70. The van der Waals surface area contributed by atoms with Crippen molar-refractivity contribution in [2.45, 2.75) is 64.1 Å². The van der Waals surface area contributed by atoms with E-state index in [-0.39, 0.29) is 11.6 Å². The summed E-state index contributed by atoms with van der Waals surface area (Å²) in [4.78, 5) is 17.3. The van der Waals surface area contributed by atoms with Crippen LogP contribution in [0.5, 0.6) is 0 Å². The van der Waals surface area contributed by atoms with E-state index in [0.29, 0.717) is 24.5 Å². The van der Waals surface area contributed by atoms with Crippen LogP contribution in [0.15, 0.2) is 67.3 Å². The molecule has 2 aromatic carbocycles. The van der Waals surface area contributed by atoms with Gasteiger partial charge >= 0.3 is 6.09 Å². The molecule has 206 valence electrons. The predicted octanol–water partition coefficient (Wildman–Crippen LogP) is 5.64. The van der Waals surface area contributed by atoms with Gasteiger partial charge in [-0.15, -0.1) is 0 Å². The van der Waals surface area contributed by atoms with Crippen molar-refractivity contribution in [3.63, 3.8) is 0 Å². The number of aryl methyl sites for hydroxylation is 1. The second kappa shape index (κ2) is 10.6. The number of amides is 1. The number of fused-ring (bicyclic) bond motifs is 2. The van der Waals surface area contributed by atoms with Gasteiger partial charge in [0.15, 0.2) is 5.82 Å². The molecule has 40 heavy (non-hydrogen) atoms. The molecule has 0 aliphatic heterocycles. The van der Waals surface area contributed by atoms with E-state index in [4.69, 9.17) is 10.5 Å². The second-order valence-corrected chi connectivity index (χ2v) is 10.8. The van der Waals surface area contributed by atoms with Gasteiger partial charge in [-0.1, -0.05) is 37.3 Å². The van der Waals surface area contributed by atoms with Crippen molar-refractivity contribution in [1.29, 1.82) is 0 Å². The van der Waals surface area contributed by atoms with Crippen molar-refractivity contribution < 1.29 is 9.53 Å². The molecule has 1 fully saturated rings. The summed E-state index contributed by atoms with van der Waals surface area (Å²) in [5, 5.41) is 16.4. The molecule has 1 aliphatic rings. The topological polar surface area (TPSA) is 124 Å². The monoisotopic (exact) mass is 538 g/mol. The van der Waals surface area contributed by atoms with Gasteiger partial charge < -0.3 is 15.8 Å². The average Bonchev–Trinajstić information content (AvgIpc) is 3.51. The van der Waals surface area contributed by atoms with Crippen molar-refractivity contribution in [2.24, 2.45) is 5.73 Å². The van der Waals surface area contributed by atoms with Gasteiger partial charge in [0.25, 0.3) is 0 Å². The number of hydrogen-bond donors (Lipinski definition) is 3. The molecule has 0 saturated heterocycles. The Morgan fingerprint density at radius 3 is 2.73 bits per heavy atom. The maximum Gasteiger partial charge on any atom is 0.411 e. The lowest BCUT2D eigenvalue weighted by atomic mass is 9.83. The van der Waals surface area contributed by atoms with Crippen molar-refractivity contribution in [1.82, 2.24) is 24.4 Å². The molecule has 1 amide bonds. The molecule has 10 heteroatoms. The summed E-state index contributed by atoms with van der Waals surface area (Å²) in [5.74, 6) is 0.652. The molecule has 0 bridgehead atoms. The number of rotatable bonds is 7. The third kappa shape index (κ3) is 5.35. The van der Waals surface area contributed by atoms with E-state index in [0.717, 1.165) is 53.4 Å². The van der Waals surface area contributed by atoms with Crippen LogP contribution in [0.2, 0.25) is 0 Å². The first-order chi connectivity index (χ1) is 19.4. The summed E-state index contributed by atoms with van der Waals surface area (Å²) in [5.41, 5.74) is 11.6. The molecule has 0 atom stereocenters. The summed E-state index contributed by atoms with van der Waals surface area (Å²) >= 11 is 0. The lowest BCUT2D eigenvalue weighted by molar-refractivity contribution is 0.0707. The molecule has 4 N–H and O–H groups in total. The van der Waals surface area contributed by atoms with Gasteiger partial charge in [-0.05, 0) is 62.8 Å². The molecule has 3 heterocycles. The number of hydrogen-bond acceptors (Lipinski definition) is 7. The number of nitrogens with two attached hydrogens (primary N) is 1. The van der Waals surface area contributed by atoms with Crippen LogP contribution in [-0.4, -0.2) is 42.1 Å². The van der Waals surface area contributed by atoms with Gasteiger partial charge in [-0.25, -0.2) is 14.3 Å². The van der Waals surface area contributed by atoms with E-state index in [1.165, 1.54) is 11.9 Å². The SMILES string of the molecule is CCc1c(NC(=O)OC2CCC(C)(N)CC2)cn2ncnc(Nc3ccc4c(cnn4Cc4ccccc4)c3)c12. The molecular weight excluding hydrogens is 504 g/mol. The van der Waals surface area contributed by atoms with Crippen molar-refractivity contribution >= 4 is 39.7 Å². The number of benzene rings is 2.